The standard InChI is InChI=1S/C24H24N6O2/c31-23-5-4-21(18-6-9-25-10-7-18)27-30(23)17-14-28-12-15-29(16-13-28)24(32)20-2-1-3-22-19(20)8-11-26-22/h1-11,26H,12-17H2. The highest BCUT2D eigenvalue weighted by Crippen LogP contribution is 2.20. The van der Waals surface area contributed by atoms with Gasteiger partial charge in [0.1, 0.15) is 0 Å². The molecule has 0 aliphatic carbocycles. The van der Waals surface area contributed by atoms with Crippen LogP contribution in [-0.2, 0) is 6.54 Å². The van der Waals surface area contributed by atoms with Gasteiger partial charge in [-0.25, -0.2) is 4.68 Å². The van der Waals surface area contributed by atoms with E-state index >= 15 is 0 Å². The summed E-state index contributed by atoms with van der Waals surface area (Å²) in [7, 11) is 0. The first-order valence-electron chi connectivity index (χ1n) is 10.8. The van der Waals surface area contributed by atoms with Crippen molar-refractivity contribution in [3.63, 3.8) is 0 Å². The van der Waals surface area contributed by atoms with Crippen molar-refractivity contribution >= 4 is 16.8 Å². The second-order valence-corrected chi connectivity index (χ2v) is 7.89. The highest BCUT2D eigenvalue weighted by Gasteiger charge is 2.23. The van der Waals surface area contributed by atoms with Gasteiger partial charge in [0.05, 0.1) is 12.2 Å². The van der Waals surface area contributed by atoms with Crippen LogP contribution in [0.15, 0.2) is 71.9 Å². The largest absolute Gasteiger partial charge is 0.361 e. The lowest BCUT2D eigenvalue weighted by Crippen LogP contribution is -2.49. The molecule has 1 aliphatic heterocycles. The van der Waals surface area contributed by atoms with Crippen LogP contribution in [0.5, 0.6) is 0 Å². The summed E-state index contributed by atoms with van der Waals surface area (Å²) in [5.41, 5.74) is 3.28. The molecule has 1 aromatic carbocycles. The van der Waals surface area contributed by atoms with Crippen molar-refractivity contribution in [2.45, 2.75) is 6.54 Å². The van der Waals surface area contributed by atoms with Crippen LogP contribution in [0.3, 0.4) is 0 Å². The lowest BCUT2D eigenvalue weighted by molar-refractivity contribution is 0.0633. The zero-order chi connectivity index (χ0) is 21.9. The minimum absolute atomic E-state index is 0.0674. The fourth-order valence-corrected chi connectivity index (χ4v) is 4.14. The van der Waals surface area contributed by atoms with Crippen LogP contribution in [0.1, 0.15) is 10.4 Å². The molecule has 1 saturated heterocycles. The van der Waals surface area contributed by atoms with Gasteiger partial charge in [-0.05, 0) is 36.4 Å². The molecule has 3 aromatic heterocycles. The van der Waals surface area contributed by atoms with E-state index in [4.69, 9.17) is 0 Å². The van der Waals surface area contributed by atoms with Crippen LogP contribution in [0.25, 0.3) is 22.2 Å². The molecule has 0 radical (unpaired) electrons. The maximum atomic E-state index is 13.0. The van der Waals surface area contributed by atoms with Gasteiger partial charge in [-0.2, -0.15) is 5.10 Å². The molecule has 162 valence electrons. The van der Waals surface area contributed by atoms with E-state index in [1.54, 1.807) is 24.5 Å². The highest BCUT2D eigenvalue weighted by molar-refractivity contribution is 6.06. The lowest BCUT2D eigenvalue weighted by atomic mass is 10.1. The number of carbonyl (C=O) groups excluding carboxylic acids is 1. The van der Waals surface area contributed by atoms with Gasteiger partial charge in [0, 0.05) is 79.4 Å². The van der Waals surface area contributed by atoms with Crippen LogP contribution in [-0.4, -0.2) is 68.2 Å². The molecule has 0 atom stereocenters. The summed E-state index contributed by atoms with van der Waals surface area (Å²) in [5, 5.41) is 5.47. The number of benzene rings is 1. The Morgan fingerprint density at radius 1 is 0.938 bits per heavy atom. The number of aromatic nitrogens is 4. The molecule has 0 bridgehead atoms. The number of hydrogen-bond acceptors (Lipinski definition) is 5. The van der Waals surface area contributed by atoms with Crippen molar-refractivity contribution in [3.05, 3.63) is 83.0 Å². The molecule has 0 spiro atoms. The second kappa shape index (κ2) is 8.76. The molecule has 4 aromatic rings. The third-order valence-corrected chi connectivity index (χ3v) is 5.96. The molecule has 8 heteroatoms. The summed E-state index contributed by atoms with van der Waals surface area (Å²) in [5.74, 6) is 0.0674. The number of nitrogens with one attached hydrogen (secondary N) is 1. The summed E-state index contributed by atoms with van der Waals surface area (Å²) >= 11 is 0. The third-order valence-electron chi connectivity index (χ3n) is 5.96. The molecule has 8 nitrogen and oxygen atoms in total. The van der Waals surface area contributed by atoms with Gasteiger partial charge in [-0.15, -0.1) is 0 Å². The molecular weight excluding hydrogens is 404 g/mol. The predicted octanol–water partition coefficient (Wildman–Crippen LogP) is 2.24. The van der Waals surface area contributed by atoms with Crippen LogP contribution in [0.4, 0.5) is 0 Å². The van der Waals surface area contributed by atoms with Crippen molar-refractivity contribution in [2.75, 3.05) is 32.7 Å². The Labute approximate surface area is 185 Å². The molecule has 1 N–H and O–H groups in total. The van der Waals surface area contributed by atoms with E-state index in [2.05, 4.69) is 20.0 Å². The fraction of sp³-hybridized carbons (Fsp3) is 0.250. The monoisotopic (exact) mass is 428 g/mol. The summed E-state index contributed by atoms with van der Waals surface area (Å²) in [4.78, 5) is 36.7. The van der Waals surface area contributed by atoms with Gasteiger partial charge in [-0.3, -0.25) is 19.5 Å². The molecule has 5 rings (SSSR count). The first-order chi connectivity index (χ1) is 15.7. The van der Waals surface area contributed by atoms with E-state index in [9.17, 15) is 9.59 Å². The maximum Gasteiger partial charge on any atom is 0.266 e. The average molecular weight is 428 g/mol. The van der Waals surface area contributed by atoms with Gasteiger partial charge in [0.25, 0.3) is 11.5 Å². The third kappa shape index (κ3) is 4.04. The number of nitrogens with zero attached hydrogens (tertiary/aromatic N) is 5. The second-order valence-electron chi connectivity index (χ2n) is 7.89. The van der Waals surface area contributed by atoms with E-state index in [0.717, 1.165) is 40.8 Å². The summed E-state index contributed by atoms with van der Waals surface area (Å²) in [6, 6.07) is 14.8. The minimum atomic E-state index is -0.115. The van der Waals surface area contributed by atoms with Crippen molar-refractivity contribution < 1.29 is 4.79 Å². The Balaban J connectivity index is 1.20. The van der Waals surface area contributed by atoms with Crippen LogP contribution < -0.4 is 5.56 Å². The molecule has 4 heterocycles. The van der Waals surface area contributed by atoms with Gasteiger partial charge in [0.15, 0.2) is 0 Å². The van der Waals surface area contributed by atoms with Gasteiger partial charge in [0.2, 0.25) is 0 Å². The normalized spacial score (nSPS) is 14.7. The molecular formula is C24H24N6O2. The Bertz CT molecular complexity index is 1290. The SMILES string of the molecule is O=C(c1cccc2[nH]ccc12)N1CCN(CCn2nc(-c3ccncc3)ccc2=O)CC1. The topological polar surface area (TPSA) is 87.1 Å². The summed E-state index contributed by atoms with van der Waals surface area (Å²) < 4.78 is 1.51. The summed E-state index contributed by atoms with van der Waals surface area (Å²) in [6.07, 6.45) is 5.28. The van der Waals surface area contributed by atoms with E-state index < -0.39 is 0 Å². The zero-order valence-corrected chi connectivity index (χ0v) is 17.6. The fourth-order valence-electron chi connectivity index (χ4n) is 4.14. The highest BCUT2D eigenvalue weighted by atomic mass is 16.2. The Morgan fingerprint density at radius 3 is 2.56 bits per heavy atom. The van der Waals surface area contributed by atoms with Gasteiger partial charge < -0.3 is 9.88 Å². The van der Waals surface area contributed by atoms with Crippen LogP contribution >= 0.6 is 0 Å². The van der Waals surface area contributed by atoms with Crippen LogP contribution in [0, 0.1) is 0 Å². The molecule has 1 fully saturated rings. The molecule has 1 aliphatic rings. The van der Waals surface area contributed by atoms with E-state index in [0.29, 0.717) is 26.2 Å². The molecule has 0 saturated carbocycles. The molecule has 1 amide bonds. The number of amides is 1. The Hall–Kier alpha value is -3.78. The smallest absolute Gasteiger partial charge is 0.266 e. The van der Waals surface area contributed by atoms with Crippen LogP contribution in [0.2, 0.25) is 0 Å². The van der Waals surface area contributed by atoms with E-state index in [1.165, 1.54) is 4.68 Å². The molecule has 0 unspecified atom stereocenters. The first kappa shape index (κ1) is 20.1. The quantitative estimate of drug-likeness (QED) is 0.527. The number of aromatic amines is 1. The Kier molecular flexibility index (Phi) is 5.51. The number of pyridine rings is 1. The van der Waals surface area contributed by atoms with Crippen molar-refractivity contribution in [3.8, 4) is 11.3 Å². The minimum Gasteiger partial charge on any atom is -0.361 e. The van der Waals surface area contributed by atoms with Gasteiger partial charge in [-0.1, -0.05) is 6.07 Å². The van der Waals surface area contributed by atoms with Crippen molar-refractivity contribution in [1.82, 2.24) is 29.5 Å². The Morgan fingerprint density at radius 2 is 1.75 bits per heavy atom. The number of rotatable bonds is 5. The number of hydrogen-bond donors (Lipinski definition) is 1. The average Bonchev–Trinajstić information content (AvgIpc) is 3.33. The number of carbonyl (C=O) groups is 1. The lowest BCUT2D eigenvalue weighted by Gasteiger charge is -2.34. The van der Waals surface area contributed by atoms with E-state index in [1.807, 2.05) is 47.5 Å². The van der Waals surface area contributed by atoms with E-state index in [-0.39, 0.29) is 11.5 Å². The first-order valence-corrected chi connectivity index (χ1v) is 10.8. The van der Waals surface area contributed by atoms with Crippen molar-refractivity contribution in [2.24, 2.45) is 0 Å². The zero-order valence-electron chi connectivity index (χ0n) is 17.6. The van der Waals surface area contributed by atoms with Crippen molar-refractivity contribution in [1.29, 1.82) is 0 Å². The maximum absolute atomic E-state index is 13.0. The molecule has 32 heavy (non-hydrogen) atoms. The number of fused-ring (bicyclic) bond motifs is 1. The van der Waals surface area contributed by atoms with Gasteiger partial charge >= 0.3 is 0 Å². The summed E-state index contributed by atoms with van der Waals surface area (Å²) in [6.45, 7) is 4.09. The number of piperazine rings is 1. The number of H-pyrrole nitrogens is 1. The predicted molar refractivity (Wildman–Crippen MR) is 122 cm³/mol.